The van der Waals surface area contributed by atoms with Gasteiger partial charge in [-0.05, 0) is 54.7 Å². The first kappa shape index (κ1) is 17.9. The van der Waals surface area contributed by atoms with Crippen molar-refractivity contribution in [1.82, 2.24) is 0 Å². The normalized spacial score (nSPS) is 46.8. The number of ketones is 2. The summed E-state index contributed by atoms with van der Waals surface area (Å²) in [6, 6.07) is 0. The number of fused-ring (bicyclic) bond motifs is 5. The van der Waals surface area contributed by atoms with Crippen LogP contribution in [0.4, 0.5) is 0 Å². The van der Waals surface area contributed by atoms with Gasteiger partial charge < -0.3 is 10.2 Å². The maximum atomic E-state index is 12.3. The molecule has 4 aliphatic carbocycles. The summed E-state index contributed by atoms with van der Waals surface area (Å²) in [4.78, 5) is 24.2. The van der Waals surface area contributed by atoms with Gasteiger partial charge in [0.05, 0.1) is 6.10 Å². The number of rotatable bonds is 2. The van der Waals surface area contributed by atoms with Gasteiger partial charge in [0.2, 0.25) is 0 Å². The van der Waals surface area contributed by atoms with Crippen molar-refractivity contribution >= 4 is 11.6 Å². The van der Waals surface area contributed by atoms with E-state index in [4.69, 9.17) is 0 Å². The number of allylic oxidation sites excluding steroid dienone is 5. The average Bonchev–Trinajstić information content (AvgIpc) is 2.92. The summed E-state index contributed by atoms with van der Waals surface area (Å²) >= 11 is 0. The molecule has 0 heterocycles. The maximum Gasteiger partial charge on any atom is 0.184 e. The molecule has 4 nitrogen and oxygen atoms in total. The number of Topliss-reactive ketones (excluding diaryl/α,β-unsaturated/α-hetero) is 1. The monoisotopic (exact) mass is 356 g/mol. The Morgan fingerprint density at radius 1 is 1.35 bits per heavy atom. The Morgan fingerprint density at radius 3 is 2.77 bits per heavy atom. The summed E-state index contributed by atoms with van der Waals surface area (Å²) in [6.45, 7) is 5.95. The molecule has 4 heteroatoms. The quantitative estimate of drug-likeness (QED) is 0.798. The molecule has 0 radical (unpaired) electrons. The largest absolute Gasteiger partial charge is 0.393 e. The van der Waals surface area contributed by atoms with Gasteiger partial charge in [-0.25, -0.2) is 0 Å². The summed E-state index contributed by atoms with van der Waals surface area (Å²) in [7, 11) is 0. The Kier molecular flexibility index (Phi) is 3.94. The van der Waals surface area contributed by atoms with Crippen LogP contribution in [0.3, 0.4) is 0 Å². The molecule has 4 rings (SSSR count). The lowest BCUT2D eigenvalue weighted by Gasteiger charge is -2.59. The molecule has 2 N–H and O–H groups in total. The van der Waals surface area contributed by atoms with Crippen molar-refractivity contribution in [3.05, 3.63) is 35.5 Å². The predicted octanol–water partition coefficient (Wildman–Crippen LogP) is 2.61. The van der Waals surface area contributed by atoms with E-state index in [1.165, 1.54) is 0 Å². The van der Waals surface area contributed by atoms with Crippen LogP contribution in [0.5, 0.6) is 0 Å². The van der Waals surface area contributed by atoms with E-state index in [1.54, 1.807) is 12.2 Å². The Hall–Kier alpha value is -1.52. The highest BCUT2D eigenvalue weighted by molar-refractivity contribution is 6.01. The van der Waals surface area contributed by atoms with Gasteiger partial charge in [0.1, 0.15) is 6.61 Å². The van der Waals surface area contributed by atoms with Crippen LogP contribution < -0.4 is 0 Å². The van der Waals surface area contributed by atoms with Crippen LogP contribution in [0.2, 0.25) is 0 Å². The molecule has 0 saturated heterocycles. The average molecular weight is 356 g/mol. The maximum absolute atomic E-state index is 12.3. The lowest BCUT2D eigenvalue weighted by molar-refractivity contribution is -0.125. The zero-order chi connectivity index (χ0) is 18.9. The first-order valence-corrected chi connectivity index (χ1v) is 9.70. The van der Waals surface area contributed by atoms with Crippen LogP contribution in [-0.4, -0.2) is 34.5 Å². The third-order valence-corrected chi connectivity index (χ3v) is 7.84. The highest BCUT2D eigenvalue weighted by Gasteiger charge is 2.61. The molecule has 0 amide bonds. The van der Waals surface area contributed by atoms with E-state index in [1.807, 2.05) is 12.2 Å². The Morgan fingerprint density at radius 2 is 2.08 bits per heavy atom. The number of carbonyl (C=O) groups excluding carboxylic acids is 2. The minimum atomic E-state index is -0.534. The van der Waals surface area contributed by atoms with Crippen LogP contribution in [-0.2, 0) is 9.59 Å². The van der Waals surface area contributed by atoms with Gasteiger partial charge in [-0.15, -0.1) is 0 Å². The molecule has 4 aliphatic rings. The molecule has 26 heavy (non-hydrogen) atoms. The molecular weight excluding hydrogens is 328 g/mol. The van der Waals surface area contributed by atoms with E-state index in [9.17, 15) is 19.8 Å². The van der Waals surface area contributed by atoms with Gasteiger partial charge in [-0.2, -0.15) is 0 Å². The van der Waals surface area contributed by atoms with E-state index in [2.05, 4.69) is 20.8 Å². The van der Waals surface area contributed by atoms with Crippen molar-refractivity contribution in [2.24, 2.45) is 34.5 Å². The lowest BCUT2D eigenvalue weighted by Crippen LogP contribution is -2.57. The molecule has 0 unspecified atom stereocenters. The summed E-state index contributed by atoms with van der Waals surface area (Å²) < 4.78 is 0. The summed E-state index contributed by atoms with van der Waals surface area (Å²) in [5.41, 5.74) is 1.18. The smallest absolute Gasteiger partial charge is 0.184 e. The highest BCUT2D eigenvalue weighted by Crippen LogP contribution is 2.65. The zero-order valence-corrected chi connectivity index (χ0v) is 15.7. The Balaban J connectivity index is 1.76. The molecule has 0 aliphatic heterocycles. The van der Waals surface area contributed by atoms with Gasteiger partial charge in [-0.3, -0.25) is 9.59 Å². The van der Waals surface area contributed by atoms with Crippen molar-refractivity contribution < 1.29 is 19.8 Å². The van der Waals surface area contributed by atoms with Crippen molar-refractivity contribution in [3.63, 3.8) is 0 Å². The Bertz CT molecular complexity index is 760. The fourth-order valence-corrected chi connectivity index (χ4v) is 6.84. The fourth-order valence-electron chi connectivity index (χ4n) is 6.84. The summed E-state index contributed by atoms with van der Waals surface area (Å²) in [5, 5.41) is 20.6. The second-order valence-electron chi connectivity index (χ2n) is 9.17. The fraction of sp³-hybridized carbons (Fsp3) is 0.636. The van der Waals surface area contributed by atoms with E-state index in [0.29, 0.717) is 23.8 Å². The molecule has 0 aromatic heterocycles. The number of carbonyl (C=O) groups is 2. The van der Waals surface area contributed by atoms with Crippen molar-refractivity contribution in [2.75, 3.05) is 6.61 Å². The van der Waals surface area contributed by atoms with E-state index < -0.39 is 12.7 Å². The van der Waals surface area contributed by atoms with Gasteiger partial charge >= 0.3 is 0 Å². The van der Waals surface area contributed by atoms with Crippen molar-refractivity contribution in [2.45, 2.75) is 46.1 Å². The second-order valence-corrected chi connectivity index (χ2v) is 9.17. The molecule has 0 bridgehead atoms. The van der Waals surface area contributed by atoms with Gasteiger partial charge in [0.15, 0.2) is 11.6 Å². The third-order valence-electron chi connectivity index (χ3n) is 7.84. The number of hydrogen-bond acceptors (Lipinski definition) is 4. The Labute approximate surface area is 154 Å². The summed E-state index contributed by atoms with van der Waals surface area (Å²) in [5.74, 6) is 0.759. The number of aliphatic hydroxyl groups is 2. The van der Waals surface area contributed by atoms with Gasteiger partial charge in [-0.1, -0.05) is 38.5 Å². The highest BCUT2D eigenvalue weighted by atomic mass is 16.3. The minimum Gasteiger partial charge on any atom is -0.393 e. The van der Waals surface area contributed by atoms with E-state index >= 15 is 0 Å². The molecule has 140 valence electrons. The van der Waals surface area contributed by atoms with Gasteiger partial charge in [0, 0.05) is 16.7 Å². The standard InChI is InChI=1S/C22H28O4/c1-12-8-14-15-4-5-16(19(26)11-23)22(15,3)10-18(25)20(14)21(2)7-6-13(24)9-17(12)21/h5-7,9,12,14-15,18,20,23,25H,4,8,10-11H2,1-3H3/t12-,14-,15-,18-,20+,21-,22-/m0/s1. The first-order valence-electron chi connectivity index (χ1n) is 9.70. The summed E-state index contributed by atoms with van der Waals surface area (Å²) in [6.07, 6.45) is 9.18. The van der Waals surface area contributed by atoms with E-state index in [0.717, 1.165) is 18.4 Å². The predicted molar refractivity (Wildman–Crippen MR) is 98.1 cm³/mol. The molecule has 0 aromatic carbocycles. The topological polar surface area (TPSA) is 74.6 Å². The molecule has 2 saturated carbocycles. The number of hydrogen-bond donors (Lipinski definition) is 2. The third kappa shape index (κ3) is 2.21. The molecule has 7 atom stereocenters. The van der Waals surface area contributed by atoms with Crippen molar-refractivity contribution in [3.8, 4) is 0 Å². The van der Waals surface area contributed by atoms with Crippen LogP contribution in [0.15, 0.2) is 35.5 Å². The van der Waals surface area contributed by atoms with E-state index in [-0.39, 0.29) is 34.2 Å². The second kappa shape index (κ2) is 5.74. The molecule has 0 spiro atoms. The number of aliphatic hydroxyl groups excluding tert-OH is 2. The van der Waals surface area contributed by atoms with Crippen LogP contribution in [0, 0.1) is 34.5 Å². The molecule has 2 fully saturated rings. The SMILES string of the molecule is C[C@H]1C[C@@H]2[C@H]([C@@H](O)C[C@]3(C)C(C(=O)CO)=CC[C@@H]23)[C@@]2(C)C=CC(=O)C=C12. The van der Waals surface area contributed by atoms with Gasteiger partial charge in [0.25, 0.3) is 0 Å². The zero-order valence-electron chi connectivity index (χ0n) is 15.7. The van der Waals surface area contributed by atoms with Crippen LogP contribution in [0.25, 0.3) is 0 Å². The van der Waals surface area contributed by atoms with Crippen LogP contribution in [0.1, 0.15) is 40.0 Å². The first-order chi connectivity index (χ1) is 12.2. The van der Waals surface area contributed by atoms with Crippen LogP contribution >= 0.6 is 0 Å². The minimum absolute atomic E-state index is 0.0382. The lowest BCUT2D eigenvalue weighted by atomic mass is 9.45. The van der Waals surface area contributed by atoms with Crippen molar-refractivity contribution in [1.29, 1.82) is 0 Å². The molecule has 0 aromatic rings. The molecular formula is C22H28O4.